The normalized spacial score (nSPS) is 12.2. The van der Waals surface area contributed by atoms with Gasteiger partial charge in [-0.1, -0.05) is 35.1 Å². The smallest absolute Gasteiger partial charge is 0.273 e. The molecule has 2 rings (SSSR count). The first-order chi connectivity index (χ1) is 9.11. The van der Waals surface area contributed by atoms with E-state index in [0.29, 0.717) is 10.7 Å². The van der Waals surface area contributed by atoms with E-state index in [1.807, 2.05) is 26.0 Å². The maximum Gasteiger partial charge on any atom is 0.273 e. The quantitative estimate of drug-likeness (QED) is 0.940. The molecule has 0 saturated heterocycles. The molecule has 0 aliphatic carbocycles. The lowest BCUT2D eigenvalue weighted by atomic mass is 10.1. The summed E-state index contributed by atoms with van der Waals surface area (Å²) in [5.74, 6) is -0.187. The zero-order valence-electron chi connectivity index (χ0n) is 10.7. The molecule has 0 bridgehead atoms. The summed E-state index contributed by atoms with van der Waals surface area (Å²) in [5, 5.41) is 7.48. The SMILES string of the molecule is CC[C@@H](C)NC(=O)c1nnsc1-c1ccc(Cl)cc1. The molecule has 100 valence electrons. The Morgan fingerprint density at radius 3 is 2.74 bits per heavy atom. The number of benzene rings is 1. The molecule has 0 spiro atoms. The second kappa shape index (κ2) is 6.12. The van der Waals surface area contributed by atoms with Crippen LogP contribution in [-0.4, -0.2) is 21.5 Å². The molecule has 1 aromatic heterocycles. The van der Waals surface area contributed by atoms with Crippen molar-refractivity contribution in [2.45, 2.75) is 26.3 Å². The summed E-state index contributed by atoms with van der Waals surface area (Å²) in [6, 6.07) is 7.40. The Balaban J connectivity index is 2.27. The number of carbonyl (C=O) groups is 1. The van der Waals surface area contributed by atoms with Crippen LogP contribution in [0.1, 0.15) is 30.8 Å². The zero-order valence-corrected chi connectivity index (χ0v) is 12.3. The number of aromatic nitrogens is 2. The molecule has 19 heavy (non-hydrogen) atoms. The van der Waals surface area contributed by atoms with Crippen LogP contribution in [-0.2, 0) is 0 Å². The number of nitrogens with zero attached hydrogens (tertiary/aromatic N) is 2. The predicted octanol–water partition coefficient (Wildman–Crippen LogP) is 3.39. The average molecular weight is 296 g/mol. The molecule has 1 atom stereocenters. The topological polar surface area (TPSA) is 54.9 Å². The number of nitrogens with one attached hydrogen (secondary N) is 1. The molecule has 1 amide bonds. The van der Waals surface area contributed by atoms with Crippen LogP contribution in [0.2, 0.25) is 5.02 Å². The van der Waals surface area contributed by atoms with E-state index in [2.05, 4.69) is 14.9 Å². The van der Waals surface area contributed by atoms with E-state index in [0.717, 1.165) is 16.9 Å². The van der Waals surface area contributed by atoms with Crippen molar-refractivity contribution in [1.82, 2.24) is 14.9 Å². The van der Waals surface area contributed by atoms with Crippen molar-refractivity contribution in [1.29, 1.82) is 0 Å². The largest absolute Gasteiger partial charge is 0.348 e. The number of rotatable bonds is 4. The summed E-state index contributed by atoms with van der Waals surface area (Å²) in [6.45, 7) is 3.98. The van der Waals surface area contributed by atoms with Crippen molar-refractivity contribution in [3.8, 4) is 10.4 Å². The van der Waals surface area contributed by atoms with Gasteiger partial charge < -0.3 is 5.32 Å². The summed E-state index contributed by atoms with van der Waals surface area (Å²) >= 11 is 7.06. The molecule has 1 aromatic carbocycles. The minimum atomic E-state index is -0.187. The zero-order chi connectivity index (χ0) is 13.8. The van der Waals surface area contributed by atoms with Gasteiger partial charge in [-0.3, -0.25) is 4.79 Å². The van der Waals surface area contributed by atoms with E-state index >= 15 is 0 Å². The Kier molecular flexibility index (Phi) is 4.50. The van der Waals surface area contributed by atoms with Crippen LogP contribution in [0.15, 0.2) is 24.3 Å². The molecule has 0 saturated carbocycles. The molecule has 0 aliphatic rings. The lowest BCUT2D eigenvalue weighted by Gasteiger charge is -2.10. The van der Waals surface area contributed by atoms with Crippen LogP contribution in [0.3, 0.4) is 0 Å². The van der Waals surface area contributed by atoms with Crippen molar-refractivity contribution in [3.63, 3.8) is 0 Å². The second-order valence-corrected chi connectivity index (χ2v) is 5.43. The Morgan fingerprint density at radius 2 is 2.11 bits per heavy atom. The number of hydrogen-bond donors (Lipinski definition) is 1. The molecule has 1 heterocycles. The van der Waals surface area contributed by atoms with E-state index < -0.39 is 0 Å². The summed E-state index contributed by atoms with van der Waals surface area (Å²) in [6.07, 6.45) is 0.875. The fraction of sp³-hybridized carbons (Fsp3) is 0.308. The molecule has 6 heteroatoms. The highest BCUT2D eigenvalue weighted by Gasteiger charge is 2.18. The van der Waals surface area contributed by atoms with Crippen molar-refractivity contribution in [3.05, 3.63) is 35.0 Å². The van der Waals surface area contributed by atoms with Gasteiger partial charge in [-0.2, -0.15) is 0 Å². The highest BCUT2D eigenvalue weighted by Crippen LogP contribution is 2.27. The number of hydrogen-bond acceptors (Lipinski definition) is 4. The molecule has 0 aliphatic heterocycles. The minimum Gasteiger partial charge on any atom is -0.348 e. The summed E-state index contributed by atoms with van der Waals surface area (Å²) < 4.78 is 3.87. The standard InChI is InChI=1S/C13H14ClN3OS/c1-3-8(2)15-13(18)11-12(19-17-16-11)9-4-6-10(14)7-5-9/h4-8H,3H2,1-2H3,(H,15,18)/t8-/m1/s1. The van der Waals surface area contributed by atoms with Gasteiger partial charge >= 0.3 is 0 Å². The second-order valence-electron chi connectivity index (χ2n) is 4.24. The van der Waals surface area contributed by atoms with Crippen LogP contribution in [0.4, 0.5) is 0 Å². The van der Waals surface area contributed by atoms with E-state index in [9.17, 15) is 4.79 Å². The summed E-state index contributed by atoms with van der Waals surface area (Å²) in [5.41, 5.74) is 1.27. The predicted molar refractivity (Wildman–Crippen MR) is 77.6 cm³/mol. The van der Waals surface area contributed by atoms with Crippen molar-refractivity contribution < 1.29 is 4.79 Å². The van der Waals surface area contributed by atoms with Crippen LogP contribution in [0.5, 0.6) is 0 Å². The summed E-state index contributed by atoms with van der Waals surface area (Å²) in [7, 11) is 0. The fourth-order valence-corrected chi connectivity index (χ4v) is 2.32. The fourth-order valence-electron chi connectivity index (χ4n) is 1.52. The van der Waals surface area contributed by atoms with Gasteiger partial charge in [-0.05, 0) is 42.6 Å². The van der Waals surface area contributed by atoms with Gasteiger partial charge in [-0.15, -0.1) is 5.10 Å². The van der Waals surface area contributed by atoms with Crippen LogP contribution < -0.4 is 5.32 Å². The van der Waals surface area contributed by atoms with Crippen LogP contribution in [0, 0.1) is 0 Å². The van der Waals surface area contributed by atoms with Crippen molar-refractivity contribution in [2.24, 2.45) is 0 Å². The van der Waals surface area contributed by atoms with Gasteiger partial charge in [-0.25, -0.2) is 0 Å². The van der Waals surface area contributed by atoms with Gasteiger partial charge in [0.05, 0.1) is 4.88 Å². The van der Waals surface area contributed by atoms with Gasteiger partial charge in [0.2, 0.25) is 0 Å². The van der Waals surface area contributed by atoms with Gasteiger partial charge in [0.25, 0.3) is 5.91 Å². The molecular weight excluding hydrogens is 282 g/mol. The van der Waals surface area contributed by atoms with Crippen LogP contribution in [0.25, 0.3) is 10.4 Å². The first-order valence-corrected chi connectivity index (χ1v) is 7.16. The highest BCUT2D eigenvalue weighted by molar-refractivity contribution is 7.09. The lowest BCUT2D eigenvalue weighted by molar-refractivity contribution is 0.0935. The van der Waals surface area contributed by atoms with Crippen molar-refractivity contribution in [2.75, 3.05) is 0 Å². The Morgan fingerprint density at radius 1 is 1.42 bits per heavy atom. The van der Waals surface area contributed by atoms with Gasteiger partial charge in [0.15, 0.2) is 5.69 Å². The Labute approximate surface area is 121 Å². The number of halogens is 1. The third-order valence-electron chi connectivity index (χ3n) is 2.80. The van der Waals surface area contributed by atoms with E-state index in [1.54, 1.807) is 12.1 Å². The Bertz CT molecular complexity index is 568. The molecular formula is C13H14ClN3OS. The average Bonchev–Trinajstić information content (AvgIpc) is 2.88. The Hall–Kier alpha value is -1.46. The first-order valence-electron chi connectivity index (χ1n) is 6.01. The third-order valence-corrected chi connectivity index (χ3v) is 3.83. The molecule has 1 N–H and O–H groups in total. The van der Waals surface area contributed by atoms with Crippen LogP contribution >= 0.6 is 23.1 Å². The van der Waals surface area contributed by atoms with E-state index in [1.165, 1.54) is 11.5 Å². The monoisotopic (exact) mass is 295 g/mol. The maximum atomic E-state index is 12.1. The molecule has 2 aromatic rings. The molecule has 0 fully saturated rings. The molecule has 4 nitrogen and oxygen atoms in total. The molecule has 0 unspecified atom stereocenters. The summed E-state index contributed by atoms with van der Waals surface area (Å²) in [4.78, 5) is 12.9. The van der Waals surface area contributed by atoms with E-state index in [-0.39, 0.29) is 11.9 Å². The minimum absolute atomic E-state index is 0.118. The third kappa shape index (κ3) is 3.30. The highest BCUT2D eigenvalue weighted by atomic mass is 35.5. The van der Waals surface area contributed by atoms with Gasteiger partial charge in [0, 0.05) is 11.1 Å². The van der Waals surface area contributed by atoms with E-state index in [4.69, 9.17) is 11.6 Å². The molecule has 0 radical (unpaired) electrons. The lowest BCUT2D eigenvalue weighted by Crippen LogP contribution is -2.32. The van der Waals surface area contributed by atoms with Gasteiger partial charge in [0.1, 0.15) is 0 Å². The number of amides is 1. The number of carbonyl (C=O) groups excluding carboxylic acids is 1. The maximum absolute atomic E-state index is 12.1. The van der Waals surface area contributed by atoms with Crippen molar-refractivity contribution >= 4 is 29.0 Å². The first kappa shape index (κ1) is 14.0.